The predicted octanol–water partition coefficient (Wildman–Crippen LogP) is 3.52. The van der Waals surface area contributed by atoms with Gasteiger partial charge < -0.3 is 5.32 Å². The molecule has 2 aliphatic rings. The Morgan fingerprint density at radius 1 is 0.880 bits per heavy atom. The first-order valence-electron chi connectivity index (χ1n) is 9.47. The monoisotopic (exact) mass is 338 g/mol. The van der Waals surface area contributed by atoms with E-state index in [-0.39, 0.29) is 0 Å². The van der Waals surface area contributed by atoms with E-state index < -0.39 is 0 Å². The summed E-state index contributed by atoms with van der Waals surface area (Å²) in [6.07, 6.45) is 18.1. The predicted molar refractivity (Wildman–Crippen MR) is 97.8 cm³/mol. The molecule has 132 valence electrons. The number of rotatable bonds is 4. The largest absolute Gasteiger partial charge is 0.322 e. The third-order valence-electron chi connectivity index (χ3n) is 5.43. The Morgan fingerprint density at radius 3 is 2.60 bits per heavy atom. The van der Waals surface area contributed by atoms with Crippen molar-refractivity contribution in [3.63, 3.8) is 0 Å². The molecule has 0 aromatic carbocycles. The average molecular weight is 338 g/mol. The van der Waals surface area contributed by atoms with Gasteiger partial charge in [0.1, 0.15) is 11.6 Å². The Kier molecular flexibility index (Phi) is 5.16. The third-order valence-corrected chi connectivity index (χ3v) is 5.43. The van der Waals surface area contributed by atoms with Gasteiger partial charge in [-0.1, -0.05) is 19.3 Å². The quantitative estimate of drug-likeness (QED) is 0.920. The van der Waals surface area contributed by atoms with Crippen LogP contribution >= 0.6 is 0 Å². The molecule has 1 N–H and O–H groups in total. The minimum absolute atomic E-state index is 0.479. The number of likely N-dealkylation sites (tertiary alicyclic amines) is 1. The summed E-state index contributed by atoms with van der Waals surface area (Å²) < 4.78 is 0. The molecular weight excluding hydrogens is 312 g/mol. The van der Waals surface area contributed by atoms with Crippen molar-refractivity contribution in [3.05, 3.63) is 36.7 Å². The molecule has 1 aliphatic carbocycles. The van der Waals surface area contributed by atoms with E-state index >= 15 is 0 Å². The van der Waals surface area contributed by atoms with E-state index in [9.17, 15) is 0 Å². The smallest absolute Gasteiger partial charge is 0.150 e. The lowest BCUT2D eigenvalue weighted by atomic mass is 9.89. The molecule has 3 heterocycles. The van der Waals surface area contributed by atoms with E-state index in [1.165, 1.54) is 51.5 Å². The van der Waals surface area contributed by atoms with Gasteiger partial charge >= 0.3 is 0 Å². The first-order chi connectivity index (χ1) is 12.4. The van der Waals surface area contributed by atoms with Gasteiger partial charge in [-0.3, -0.25) is 14.9 Å². The first-order valence-corrected chi connectivity index (χ1v) is 9.47. The number of nitrogens with zero attached hydrogens (tertiary/aromatic N) is 5. The molecule has 1 saturated heterocycles. The van der Waals surface area contributed by atoms with Crippen LogP contribution in [0.4, 0.5) is 11.6 Å². The Morgan fingerprint density at radius 2 is 1.76 bits per heavy atom. The lowest BCUT2D eigenvalue weighted by Gasteiger charge is -2.39. The van der Waals surface area contributed by atoms with Gasteiger partial charge in [-0.25, -0.2) is 9.97 Å². The second-order valence-corrected chi connectivity index (χ2v) is 7.17. The highest BCUT2D eigenvalue weighted by atomic mass is 15.2. The average Bonchev–Trinajstić information content (AvgIpc) is 2.70. The van der Waals surface area contributed by atoms with Crippen molar-refractivity contribution in [2.24, 2.45) is 0 Å². The maximum absolute atomic E-state index is 4.80. The molecule has 4 rings (SSSR count). The van der Waals surface area contributed by atoms with Crippen LogP contribution in [0.5, 0.6) is 0 Å². The van der Waals surface area contributed by atoms with Crippen LogP contribution in [0.2, 0.25) is 0 Å². The second-order valence-electron chi connectivity index (χ2n) is 7.17. The van der Waals surface area contributed by atoms with Crippen LogP contribution in [0, 0.1) is 0 Å². The molecular formula is C19H26N6. The minimum Gasteiger partial charge on any atom is -0.322 e. The van der Waals surface area contributed by atoms with Gasteiger partial charge in [0.15, 0.2) is 0 Å². The molecule has 6 heteroatoms. The molecule has 25 heavy (non-hydrogen) atoms. The molecule has 0 bridgehead atoms. The van der Waals surface area contributed by atoms with E-state index in [0.717, 1.165) is 24.1 Å². The molecule has 2 aromatic heterocycles. The number of hydrogen-bond acceptors (Lipinski definition) is 6. The summed E-state index contributed by atoms with van der Waals surface area (Å²) in [6, 6.07) is 0.783. The van der Waals surface area contributed by atoms with Gasteiger partial charge in [0.25, 0.3) is 0 Å². The fourth-order valence-corrected chi connectivity index (χ4v) is 4.16. The number of nitrogens with one attached hydrogen (secondary N) is 1. The summed E-state index contributed by atoms with van der Waals surface area (Å²) >= 11 is 0. The molecule has 1 unspecified atom stereocenters. The standard InChI is InChI=1S/C19H26N6/c1-2-6-16(7-3-1)25-10-4-5-15(14-25)17-11-21-13-19(23-17)24-18-12-20-8-9-22-18/h8-9,11-13,15-16H,1-7,10,14H2,(H,22,23,24). The third kappa shape index (κ3) is 4.12. The highest BCUT2D eigenvalue weighted by Gasteiger charge is 2.28. The van der Waals surface area contributed by atoms with Crippen molar-refractivity contribution in [2.75, 3.05) is 18.4 Å². The zero-order valence-corrected chi connectivity index (χ0v) is 14.6. The second kappa shape index (κ2) is 7.87. The summed E-state index contributed by atoms with van der Waals surface area (Å²) in [5.74, 6) is 1.92. The molecule has 2 fully saturated rings. The summed E-state index contributed by atoms with van der Waals surface area (Å²) in [4.78, 5) is 20.2. The topological polar surface area (TPSA) is 66.8 Å². The number of aromatic nitrogens is 4. The molecule has 6 nitrogen and oxygen atoms in total. The van der Waals surface area contributed by atoms with Gasteiger partial charge in [0.05, 0.1) is 18.1 Å². The molecule has 1 saturated carbocycles. The van der Waals surface area contributed by atoms with Gasteiger partial charge in [-0.2, -0.15) is 0 Å². The van der Waals surface area contributed by atoms with Gasteiger partial charge in [-0.05, 0) is 32.2 Å². The summed E-state index contributed by atoms with van der Waals surface area (Å²) in [7, 11) is 0. The molecule has 0 spiro atoms. The fraction of sp³-hybridized carbons (Fsp3) is 0.579. The minimum atomic E-state index is 0.479. The van der Waals surface area contributed by atoms with Crippen LogP contribution in [0.3, 0.4) is 0 Å². The number of piperidine rings is 1. The Labute approximate surface area is 149 Å². The van der Waals surface area contributed by atoms with Crippen molar-refractivity contribution in [1.82, 2.24) is 24.8 Å². The first kappa shape index (κ1) is 16.4. The van der Waals surface area contributed by atoms with Crippen LogP contribution in [-0.2, 0) is 0 Å². The van der Waals surface area contributed by atoms with Crippen molar-refractivity contribution in [2.45, 2.75) is 56.9 Å². The Balaban J connectivity index is 1.44. The van der Waals surface area contributed by atoms with E-state index in [1.54, 1.807) is 24.8 Å². The zero-order valence-electron chi connectivity index (χ0n) is 14.6. The van der Waals surface area contributed by atoms with Gasteiger partial charge in [0.2, 0.25) is 0 Å². The van der Waals surface area contributed by atoms with Crippen LogP contribution < -0.4 is 5.32 Å². The van der Waals surface area contributed by atoms with Crippen LogP contribution in [-0.4, -0.2) is 44.0 Å². The molecule has 1 atom stereocenters. The van der Waals surface area contributed by atoms with E-state index in [1.807, 2.05) is 6.20 Å². The molecule has 0 amide bonds. The summed E-state index contributed by atoms with van der Waals surface area (Å²) in [5, 5.41) is 3.20. The van der Waals surface area contributed by atoms with Gasteiger partial charge in [0, 0.05) is 37.1 Å². The van der Waals surface area contributed by atoms with Gasteiger partial charge in [-0.15, -0.1) is 0 Å². The van der Waals surface area contributed by atoms with E-state index in [4.69, 9.17) is 4.98 Å². The van der Waals surface area contributed by atoms with Crippen molar-refractivity contribution in [1.29, 1.82) is 0 Å². The highest BCUT2D eigenvalue weighted by Crippen LogP contribution is 2.31. The Bertz CT molecular complexity index is 671. The maximum atomic E-state index is 4.80. The van der Waals surface area contributed by atoms with Crippen molar-refractivity contribution >= 4 is 11.6 Å². The lowest BCUT2D eigenvalue weighted by Crippen LogP contribution is -2.43. The summed E-state index contributed by atoms with van der Waals surface area (Å²) in [5.41, 5.74) is 1.09. The van der Waals surface area contributed by atoms with Crippen molar-refractivity contribution < 1.29 is 0 Å². The maximum Gasteiger partial charge on any atom is 0.150 e. The molecule has 1 aliphatic heterocycles. The molecule has 2 aromatic rings. The summed E-state index contributed by atoms with van der Waals surface area (Å²) in [6.45, 7) is 2.36. The van der Waals surface area contributed by atoms with Crippen LogP contribution in [0.15, 0.2) is 31.0 Å². The van der Waals surface area contributed by atoms with E-state index in [2.05, 4.69) is 25.2 Å². The SMILES string of the molecule is c1cnc(Nc2cncc(C3CCCN(C4CCCCC4)C3)n2)cn1. The zero-order chi connectivity index (χ0) is 16.9. The Hall–Kier alpha value is -2.08. The number of anilines is 2. The van der Waals surface area contributed by atoms with Crippen LogP contribution in [0.1, 0.15) is 56.6 Å². The number of hydrogen-bond donors (Lipinski definition) is 1. The normalized spacial score (nSPS) is 22.6. The van der Waals surface area contributed by atoms with Crippen LogP contribution in [0.25, 0.3) is 0 Å². The lowest BCUT2D eigenvalue weighted by molar-refractivity contribution is 0.118. The van der Waals surface area contributed by atoms with Crippen molar-refractivity contribution in [3.8, 4) is 0 Å². The highest BCUT2D eigenvalue weighted by molar-refractivity contribution is 5.48. The molecule has 0 radical (unpaired) electrons. The fourth-order valence-electron chi connectivity index (χ4n) is 4.16. The van der Waals surface area contributed by atoms with E-state index in [0.29, 0.717) is 11.7 Å².